The summed E-state index contributed by atoms with van der Waals surface area (Å²) >= 11 is 0. The second kappa shape index (κ2) is 11.1. The molecule has 3 aromatic rings. The number of carbonyl (C=O) groups excluding carboxylic acids is 2. The van der Waals surface area contributed by atoms with Gasteiger partial charge in [-0.3, -0.25) is 13.9 Å². The van der Waals surface area contributed by atoms with Crippen molar-refractivity contribution in [3.63, 3.8) is 0 Å². The number of benzene rings is 3. The molecule has 1 aliphatic rings. The Morgan fingerprint density at radius 1 is 0.947 bits per heavy atom. The lowest BCUT2D eigenvalue weighted by Gasteiger charge is -2.25. The Bertz CT molecular complexity index is 1430. The molecule has 0 radical (unpaired) electrons. The molecule has 3 aromatic carbocycles. The van der Waals surface area contributed by atoms with Gasteiger partial charge in [-0.1, -0.05) is 6.07 Å². The fourth-order valence-corrected chi connectivity index (χ4v) is 5.91. The molecule has 0 bridgehead atoms. The van der Waals surface area contributed by atoms with Crippen LogP contribution in [-0.2, 0) is 19.6 Å². The largest absolute Gasteiger partial charge is 0.493 e. The maximum Gasteiger partial charge on any atom is 0.264 e. The van der Waals surface area contributed by atoms with Crippen molar-refractivity contribution in [2.45, 2.75) is 31.6 Å². The van der Waals surface area contributed by atoms with Crippen LogP contribution in [0.15, 0.2) is 65.6 Å². The number of sulfonamides is 1. The van der Waals surface area contributed by atoms with Gasteiger partial charge >= 0.3 is 0 Å². The van der Waals surface area contributed by atoms with Gasteiger partial charge in [0.15, 0.2) is 11.5 Å². The number of anilines is 3. The molecule has 0 aromatic heterocycles. The molecule has 1 aliphatic heterocycles. The first-order chi connectivity index (χ1) is 18.1. The number of amides is 2. The maximum atomic E-state index is 13.8. The van der Waals surface area contributed by atoms with E-state index in [1.54, 1.807) is 41.3 Å². The number of rotatable bonds is 9. The molecule has 0 unspecified atom stereocenters. The summed E-state index contributed by atoms with van der Waals surface area (Å²) in [7, 11) is -1.27. The van der Waals surface area contributed by atoms with E-state index >= 15 is 0 Å². The van der Waals surface area contributed by atoms with Gasteiger partial charge in [-0.15, -0.1) is 0 Å². The average Bonchev–Trinajstić information content (AvgIpc) is 3.32. The summed E-state index contributed by atoms with van der Waals surface area (Å²) in [5, 5.41) is 2.77. The molecule has 1 heterocycles. The van der Waals surface area contributed by atoms with Crippen molar-refractivity contribution in [2.24, 2.45) is 0 Å². The highest BCUT2D eigenvalue weighted by Gasteiger charge is 2.29. The Kier molecular flexibility index (Phi) is 7.91. The Labute approximate surface area is 223 Å². The molecule has 1 fully saturated rings. The SMILES string of the molecule is COc1ccc(S(=O)(=O)N(CC(=O)Nc2ccc(N3CCCC3=O)cc2)c2cc(C)cc(C)c2)cc1OC. The number of carbonyl (C=O) groups is 2. The summed E-state index contributed by atoms with van der Waals surface area (Å²) in [5.41, 5.74) is 3.35. The van der Waals surface area contributed by atoms with Crippen molar-refractivity contribution >= 4 is 38.9 Å². The van der Waals surface area contributed by atoms with E-state index in [0.29, 0.717) is 30.1 Å². The number of ether oxygens (including phenoxy) is 2. The van der Waals surface area contributed by atoms with Crippen LogP contribution in [0.2, 0.25) is 0 Å². The quantitative estimate of drug-likeness (QED) is 0.437. The van der Waals surface area contributed by atoms with Crippen molar-refractivity contribution in [1.29, 1.82) is 0 Å². The zero-order valence-corrected chi connectivity index (χ0v) is 22.7. The number of methoxy groups -OCH3 is 2. The van der Waals surface area contributed by atoms with Crippen LogP contribution in [0.1, 0.15) is 24.0 Å². The maximum absolute atomic E-state index is 13.8. The van der Waals surface area contributed by atoms with Crippen molar-refractivity contribution in [3.05, 3.63) is 71.8 Å². The molecule has 0 spiro atoms. The van der Waals surface area contributed by atoms with Crippen LogP contribution in [0.3, 0.4) is 0 Å². The first-order valence-corrected chi connectivity index (χ1v) is 13.6. The van der Waals surface area contributed by atoms with Gasteiger partial charge in [0.2, 0.25) is 11.8 Å². The number of aryl methyl sites for hydroxylation is 2. The van der Waals surface area contributed by atoms with E-state index in [1.807, 2.05) is 19.9 Å². The van der Waals surface area contributed by atoms with Gasteiger partial charge in [0.25, 0.3) is 10.0 Å². The number of hydrogen-bond acceptors (Lipinski definition) is 6. The molecular formula is C28H31N3O6S. The van der Waals surface area contributed by atoms with E-state index in [1.165, 1.54) is 32.4 Å². The summed E-state index contributed by atoms with van der Waals surface area (Å²) in [6.07, 6.45) is 1.35. The Morgan fingerprint density at radius 3 is 2.18 bits per heavy atom. The highest BCUT2D eigenvalue weighted by atomic mass is 32.2. The zero-order chi connectivity index (χ0) is 27.4. The van der Waals surface area contributed by atoms with E-state index in [0.717, 1.165) is 27.5 Å². The van der Waals surface area contributed by atoms with Gasteiger partial charge in [-0.05, 0) is 79.9 Å². The third-order valence-corrected chi connectivity index (χ3v) is 8.03. The van der Waals surface area contributed by atoms with Crippen LogP contribution in [-0.4, -0.2) is 47.5 Å². The minimum Gasteiger partial charge on any atom is -0.493 e. The van der Waals surface area contributed by atoms with Gasteiger partial charge in [0.1, 0.15) is 6.54 Å². The van der Waals surface area contributed by atoms with Gasteiger partial charge in [0.05, 0.1) is 24.8 Å². The van der Waals surface area contributed by atoms with Gasteiger partial charge in [-0.25, -0.2) is 8.42 Å². The van der Waals surface area contributed by atoms with Crippen molar-refractivity contribution in [3.8, 4) is 11.5 Å². The van der Waals surface area contributed by atoms with Gasteiger partial charge in [0, 0.05) is 30.4 Å². The molecule has 2 amide bonds. The highest BCUT2D eigenvalue weighted by Crippen LogP contribution is 2.33. The minimum atomic E-state index is -4.16. The molecule has 4 rings (SSSR count). The lowest BCUT2D eigenvalue weighted by atomic mass is 10.1. The van der Waals surface area contributed by atoms with Crippen molar-refractivity contribution in [1.82, 2.24) is 0 Å². The zero-order valence-electron chi connectivity index (χ0n) is 21.9. The normalized spacial score (nSPS) is 13.4. The van der Waals surface area contributed by atoms with E-state index in [9.17, 15) is 18.0 Å². The number of hydrogen-bond donors (Lipinski definition) is 1. The third kappa shape index (κ3) is 5.75. The fraction of sp³-hybridized carbons (Fsp3) is 0.286. The van der Waals surface area contributed by atoms with Crippen molar-refractivity contribution in [2.75, 3.05) is 41.8 Å². The minimum absolute atomic E-state index is 0.0401. The topological polar surface area (TPSA) is 105 Å². The molecule has 10 heteroatoms. The number of nitrogens with zero attached hydrogens (tertiary/aromatic N) is 2. The van der Waals surface area contributed by atoms with Gasteiger partial charge in [-0.2, -0.15) is 0 Å². The smallest absolute Gasteiger partial charge is 0.264 e. The van der Waals surface area contributed by atoms with Crippen molar-refractivity contribution < 1.29 is 27.5 Å². The predicted octanol–water partition coefficient (Wildman–Crippen LogP) is 4.28. The van der Waals surface area contributed by atoms with E-state index in [2.05, 4.69) is 5.32 Å². The standard InChI is InChI=1S/C28H31N3O6S/c1-19-14-20(2)16-23(15-19)31(38(34,35)24-11-12-25(36-3)26(17-24)37-4)18-27(32)29-21-7-9-22(10-8-21)30-13-5-6-28(30)33/h7-12,14-17H,5-6,13,18H2,1-4H3,(H,29,32). The molecule has 200 valence electrons. The van der Waals surface area contributed by atoms with Crippen LogP contribution in [0.5, 0.6) is 11.5 Å². The van der Waals surface area contributed by atoms with Crippen LogP contribution in [0.25, 0.3) is 0 Å². The summed E-state index contributed by atoms with van der Waals surface area (Å²) in [5.74, 6) is 0.209. The highest BCUT2D eigenvalue weighted by molar-refractivity contribution is 7.92. The second-order valence-electron chi connectivity index (χ2n) is 9.12. The van der Waals surface area contributed by atoms with Crippen LogP contribution in [0.4, 0.5) is 17.1 Å². The molecule has 38 heavy (non-hydrogen) atoms. The summed E-state index contributed by atoms with van der Waals surface area (Å²) in [6.45, 7) is 3.95. The molecule has 0 saturated carbocycles. The molecule has 0 atom stereocenters. The van der Waals surface area contributed by atoms with Crippen LogP contribution >= 0.6 is 0 Å². The van der Waals surface area contributed by atoms with E-state index < -0.39 is 22.5 Å². The molecular weight excluding hydrogens is 506 g/mol. The molecule has 1 saturated heterocycles. The molecule has 1 N–H and O–H groups in total. The Balaban J connectivity index is 1.62. The molecule has 9 nitrogen and oxygen atoms in total. The third-order valence-electron chi connectivity index (χ3n) is 6.26. The second-order valence-corrected chi connectivity index (χ2v) is 11.0. The van der Waals surface area contributed by atoms with E-state index in [-0.39, 0.29) is 16.6 Å². The van der Waals surface area contributed by atoms with Gasteiger partial charge < -0.3 is 19.7 Å². The Morgan fingerprint density at radius 2 is 1.61 bits per heavy atom. The lowest BCUT2D eigenvalue weighted by molar-refractivity contribution is -0.117. The summed E-state index contributed by atoms with van der Waals surface area (Å²) in [4.78, 5) is 26.8. The monoisotopic (exact) mass is 537 g/mol. The first kappa shape index (κ1) is 27.0. The summed E-state index contributed by atoms with van der Waals surface area (Å²) in [6, 6.07) is 16.6. The lowest BCUT2D eigenvalue weighted by Crippen LogP contribution is -2.38. The first-order valence-electron chi connectivity index (χ1n) is 12.2. The number of nitrogens with one attached hydrogen (secondary N) is 1. The Hall–Kier alpha value is -4.05. The molecule has 0 aliphatic carbocycles. The van der Waals surface area contributed by atoms with Crippen LogP contribution < -0.4 is 24.0 Å². The average molecular weight is 538 g/mol. The predicted molar refractivity (Wildman–Crippen MR) is 147 cm³/mol. The summed E-state index contributed by atoms with van der Waals surface area (Å²) < 4.78 is 39.3. The fourth-order valence-electron chi connectivity index (χ4n) is 4.49. The van der Waals surface area contributed by atoms with Crippen LogP contribution in [0, 0.1) is 13.8 Å². The van der Waals surface area contributed by atoms with E-state index in [4.69, 9.17) is 9.47 Å².